The van der Waals surface area contributed by atoms with Gasteiger partial charge < -0.3 is 20.3 Å². The summed E-state index contributed by atoms with van der Waals surface area (Å²) in [5, 5.41) is 9.17. The van der Waals surface area contributed by atoms with Crippen molar-refractivity contribution in [3.05, 3.63) is 46.7 Å². The van der Waals surface area contributed by atoms with Gasteiger partial charge in [0.05, 0.1) is 18.8 Å². The van der Waals surface area contributed by atoms with Crippen LogP contribution in [0.4, 0.5) is 11.4 Å². The standard InChI is InChI=1S/C18H23N3OS2/c1-13-11-21(12-14(2)22-13)16-7-5-15(6-8-16)20-18(23)19-10-17-4-3-9-24-17/h3-9,13-14H,10-12H2,1-2H3,(H2,19,20,23)/t13-,14+. The highest BCUT2D eigenvalue weighted by Crippen LogP contribution is 2.22. The molecular formula is C18H23N3OS2. The molecule has 3 rings (SSSR count). The molecule has 2 atom stereocenters. The van der Waals surface area contributed by atoms with Crippen LogP contribution < -0.4 is 15.5 Å². The number of hydrogen-bond donors (Lipinski definition) is 2. The van der Waals surface area contributed by atoms with Crippen LogP contribution in [0.3, 0.4) is 0 Å². The molecule has 24 heavy (non-hydrogen) atoms. The molecule has 2 N–H and O–H groups in total. The van der Waals surface area contributed by atoms with Crippen LogP contribution in [0.25, 0.3) is 0 Å². The van der Waals surface area contributed by atoms with E-state index in [2.05, 4.69) is 65.1 Å². The summed E-state index contributed by atoms with van der Waals surface area (Å²) in [7, 11) is 0. The number of nitrogens with zero attached hydrogens (tertiary/aromatic N) is 1. The second-order valence-electron chi connectivity index (χ2n) is 6.10. The zero-order valence-electron chi connectivity index (χ0n) is 14.0. The summed E-state index contributed by atoms with van der Waals surface area (Å²) in [6.07, 6.45) is 0.529. The predicted octanol–water partition coefficient (Wildman–Crippen LogP) is 3.85. The Morgan fingerprint density at radius 3 is 2.54 bits per heavy atom. The minimum atomic E-state index is 0.264. The summed E-state index contributed by atoms with van der Waals surface area (Å²) in [6.45, 7) is 6.85. The molecule has 0 amide bonds. The lowest BCUT2D eigenvalue weighted by Gasteiger charge is -2.36. The summed E-state index contributed by atoms with van der Waals surface area (Å²) in [6, 6.07) is 12.5. The molecule has 1 saturated heterocycles. The smallest absolute Gasteiger partial charge is 0.171 e. The maximum atomic E-state index is 5.79. The number of rotatable bonds is 4. The number of hydrogen-bond acceptors (Lipinski definition) is 4. The van der Waals surface area contributed by atoms with Gasteiger partial charge in [0.25, 0.3) is 0 Å². The third kappa shape index (κ3) is 4.69. The highest BCUT2D eigenvalue weighted by Gasteiger charge is 2.22. The third-order valence-electron chi connectivity index (χ3n) is 3.91. The van der Waals surface area contributed by atoms with E-state index in [-0.39, 0.29) is 12.2 Å². The van der Waals surface area contributed by atoms with Crippen molar-refractivity contribution in [1.82, 2.24) is 5.32 Å². The van der Waals surface area contributed by atoms with Gasteiger partial charge >= 0.3 is 0 Å². The molecule has 2 heterocycles. The number of ether oxygens (including phenoxy) is 1. The van der Waals surface area contributed by atoms with Gasteiger partial charge in [-0.1, -0.05) is 6.07 Å². The predicted molar refractivity (Wildman–Crippen MR) is 106 cm³/mol. The minimum Gasteiger partial charge on any atom is -0.372 e. The van der Waals surface area contributed by atoms with Gasteiger partial charge in [-0.15, -0.1) is 11.3 Å². The first-order chi connectivity index (χ1) is 11.6. The summed E-state index contributed by atoms with van der Waals surface area (Å²) in [4.78, 5) is 3.64. The molecule has 0 aliphatic carbocycles. The fourth-order valence-corrected chi connectivity index (χ4v) is 3.73. The Morgan fingerprint density at radius 2 is 1.92 bits per heavy atom. The first-order valence-electron chi connectivity index (χ1n) is 8.18. The molecule has 2 aromatic rings. The van der Waals surface area contributed by atoms with Crippen LogP contribution in [0.1, 0.15) is 18.7 Å². The van der Waals surface area contributed by atoms with Crippen molar-refractivity contribution in [3.8, 4) is 0 Å². The van der Waals surface area contributed by atoms with Crippen LogP contribution in [0, 0.1) is 0 Å². The third-order valence-corrected chi connectivity index (χ3v) is 5.04. The molecule has 1 aliphatic rings. The Morgan fingerprint density at radius 1 is 1.21 bits per heavy atom. The molecule has 6 heteroatoms. The monoisotopic (exact) mass is 361 g/mol. The highest BCUT2D eigenvalue weighted by molar-refractivity contribution is 7.80. The fraction of sp³-hybridized carbons (Fsp3) is 0.389. The number of morpholine rings is 1. The maximum Gasteiger partial charge on any atom is 0.171 e. The first-order valence-corrected chi connectivity index (χ1v) is 9.46. The van der Waals surface area contributed by atoms with E-state index in [0.717, 1.165) is 25.3 Å². The van der Waals surface area contributed by atoms with Crippen molar-refractivity contribution in [2.24, 2.45) is 0 Å². The van der Waals surface area contributed by atoms with Gasteiger partial charge in [0, 0.05) is 29.3 Å². The Hall–Kier alpha value is -1.63. The number of nitrogens with one attached hydrogen (secondary N) is 2. The zero-order valence-corrected chi connectivity index (χ0v) is 15.6. The number of anilines is 2. The Bertz CT molecular complexity index is 647. The largest absolute Gasteiger partial charge is 0.372 e. The Labute approximate surface area is 152 Å². The molecule has 128 valence electrons. The second-order valence-corrected chi connectivity index (χ2v) is 7.54. The molecule has 1 aromatic heterocycles. The van der Waals surface area contributed by atoms with Gasteiger partial charge in [0.2, 0.25) is 0 Å². The van der Waals surface area contributed by atoms with Crippen molar-refractivity contribution in [2.75, 3.05) is 23.3 Å². The van der Waals surface area contributed by atoms with E-state index < -0.39 is 0 Å². The van der Waals surface area contributed by atoms with Gasteiger partial charge in [0.1, 0.15) is 0 Å². The van der Waals surface area contributed by atoms with E-state index in [0.29, 0.717) is 5.11 Å². The van der Waals surface area contributed by atoms with E-state index in [1.807, 2.05) is 6.07 Å². The molecule has 0 bridgehead atoms. The second kappa shape index (κ2) is 7.96. The molecule has 1 fully saturated rings. The summed E-state index contributed by atoms with van der Waals surface area (Å²) in [5.41, 5.74) is 2.22. The fourth-order valence-electron chi connectivity index (χ4n) is 2.90. The van der Waals surface area contributed by atoms with E-state index in [9.17, 15) is 0 Å². The van der Waals surface area contributed by atoms with Crippen LogP contribution in [0.2, 0.25) is 0 Å². The molecule has 0 radical (unpaired) electrons. The quantitative estimate of drug-likeness (QED) is 0.809. The van der Waals surface area contributed by atoms with E-state index in [4.69, 9.17) is 17.0 Å². The van der Waals surface area contributed by atoms with Gasteiger partial charge in [-0.25, -0.2) is 0 Å². The van der Waals surface area contributed by atoms with Gasteiger partial charge in [-0.3, -0.25) is 0 Å². The minimum absolute atomic E-state index is 0.264. The van der Waals surface area contributed by atoms with Crippen molar-refractivity contribution >= 4 is 40.0 Å². The molecule has 0 unspecified atom stereocenters. The van der Waals surface area contributed by atoms with Crippen LogP contribution in [-0.2, 0) is 11.3 Å². The molecule has 0 saturated carbocycles. The average Bonchev–Trinajstić information content (AvgIpc) is 3.06. The average molecular weight is 362 g/mol. The summed E-state index contributed by atoms with van der Waals surface area (Å²) in [5.74, 6) is 0. The SMILES string of the molecule is C[C@@H]1CN(c2ccc(NC(=S)NCc3cccs3)cc2)C[C@H](C)O1. The molecule has 4 nitrogen and oxygen atoms in total. The lowest BCUT2D eigenvalue weighted by atomic mass is 10.2. The van der Waals surface area contributed by atoms with Crippen molar-refractivity contribution in [3.63, 3.8) is 0 Å². The van der Waals surface area contributed by atoms with E-state index in [1.54, 1.807) is 11.3 Å². The van der Waals surface area contributed by atoms with Crippen LogP contribution in [0.5, 0.6) is 0 Å². The molecule has 0 spiro atoms. The van der Waals surface area contributed by atoms with E-state index in [1.165, 1.54) is 10.6 Å². The molecular weight excluding hydrogens is 338 g/mol. The lowest BCUT2D eigenvalue weighted by molar-refractivity contribution is -0.00521. The number of thiocarbonyl (C=S) groups is 1. The summed E-state index contributed by atoms with van der Waals surface area (Å²) < 4.78 is 5.79. The Balaban J connectivity index is 1.53. The van der Waals surface area contributed by atoms with Crippen molar-refractivity contribution in [2.45, 2.75) is 32.6 Å². The van der Waals surface area contributed by atoms with Gasteiger partial charge in [-0.2, -0.15) is 0 Å². The first kappa shape index (κ1) is 17.2. The van der Waals surface area contributed by atoms with E-state index >= 15 is 0 Å². The number of thiophene rings is 1. The normalized spacial score (nSPS) is 20.7. The van der Waals surface area contributed by atoms with Crippen LogP contribution in [-0.4, -0.2) is 30.4 Å². The van der Waals surface area contributed by atoms with Gasteiger partial charge in [-0.05, 0) is 61.8 Å². The summed E-state index contributed by atoms with van der Waals surface area (Å²) >= 11 is 7.08. The number of benzene rings is 1. The van der Waals surface area contributed by atoms with Crippen molar-refractivity contribution in [1.29, 1.82) is 0 Å². The Kier molecular flexibility index (Phi) is 5.71. The van der Waals surface area contributed by atoms with Gasteiger partial charge in [0.15, 0.2) is 5.11 Å². The van der Waals surface area contributed by atoms with Crippen LogP contribution in [0.15, 0.2) is 41.8 Å². The molecule has 1 aromatic carbocycles. The van der Waals surface area contributed by atoms with Crippen molar-refractivity contribution < 1.29 is 4.74 Å². The zero-order chi connectivity index (χ0) is 16.9. The van der Waals surface area contributed by atoms with Crippen LogP contribution >= 0.6 is 23.6 Å². The molecule has 1 aliphatic heterocycles. The maximum absolute atomic E-state index is 5.79. The highest BCUT2D eigenvalue weighted by atomic mass is 32.1. The topological polar surface area (TPSA) is 36.5 Å². The lowest BCUT2D eigenvalue weighted by Crippen LogP contribution is -2.45.